The summed E-state index contributed by atoms with van der Waals surface area (Å²) in [7, 11) is 0. The zero-order chi connectivity index (χ0) is 10.1. The fourth-order valence-corrected chi connectivity index (χ4v) is 0.540. The molecule has 0 saturated carbocycles. The Hall–Kier alpha value is -0.910. The van der Waals surface area contributed by atoms with Crippen LogP contribution < -0.4 is 0 Å². The molecule has 0 radical (unpaired) electrons. The van der Waals surface area contributed by atoms with Crippen LogP contribution in [0.1, 0.15) is 6.92 Å². The van der Waals surface area contributed by atoms with Gasteiger partial charge in [0.2, 0.25) is 0 Å². The van der Waals surface area contributed by atoms with Crippen LogP contribution in [0.25, 0.3) is 0 Å². The largest absolute Gasteiger partial charge is 0.460 e. The normalized spacial score (nSPS) is 12.2. The molecular formula is C8H14O5. The fraction of sp³-hybridized carbons (Fsp3) is 0.625. The van der Waals surface area contributed by atoms with E-state index in [0.717, 1.165) is 6.08 Å². The highest BCUT2D eigenvalue weighted by Crippen LogP contribution is 1.88. The Labute approximate surface area is 76.8 Å². The lowest BCUT2D eigenvalue weighted by Gasteiger charge is -2.07. The minimum Gasteiger partial charge on any atom is -0.460 e. The standard InChI is InChI=1S/C8H14O5/c1-3-8(9)12-5-4-11-6-7(2)13-10/h3,7,10H,1,4-6H2,2H3. The summed E-state index contributed by atoms with van der Waals surface area (Å²) >= 11 is 0. The van der Waals surface area contributed by atoms with Crippen molar-refractivity contribution in [1.29, 1.82) is 0 Å². The molecular weight excluding hydrogens is 176 g/mol. The molecule has 0 aromatic heterocycles. The van der Waals surface area contributed by atoms with Crippen LogP contribution in [-0.2, 0) is 19.2 Å². The molecule has 0 saturated heterocycles. The van der Waals surface area contributed by atoms with Crippen LogP contribution in [0.15, 0.2) is 12.7 Å². The Kier molecular flexibility index (Phi) is 7.18. The molecule has 0 spiro atoms. The van der Waals surface area contributed by atoms with Crippen LogP contribution in [0, 0.1) is 0 Å². The van der Waals surface area contributed by atoms with Crippen molar-refractivity contribution < 1.29 is 24.4 Å². The maximum atomic E-state index is 10.5. The maximum Gasteiger partial charge on any atom is 0.330 e. The second kappa shape index (κ2) is 7.72. The fourth-order valence-electron chi connectivity index (χ4n) is 0.540. The molecule has 1 unspecified atom stereocenters. The first-order valence-electron chi connectivity index (χ1n) is 3.88. The lowest BCUT2D eigenvalue weighted by molar-refractivity contribution is -0.282. The summed E-state index contributed by atoms with van der Waals surface area (Å²) in [6.07, 6.45) is 0.703. The number of carbonyl (C=O) groups is 1. The van der Waals surface area contributed by atoms with Crippen molar-refractivity contribution in [3.8, 4) is 0 Å². The Morgan fingerprint density at radius 2 is 2.31 bits per heavy atom. The van der Waals surface area contributed by atoms with Gasteiger partial charge in [-0.25, -0.2) is 9.68 Å². The predicted molar refractivity (Wildman–Crippen MR) is 45.2 cm³/mol. The average Bonchev–Trinajstić information content (AvgIpc) is 2.16. The summed E-state index contributed by atoms with van der Waals surface area (Å²) in [6.45, 7) is 5.57. The van der Waals surface area contributed by atoms with Gasteiger partial charge in [-0.05, 0) is 6.92 Å². The van der Waals surface area contributed by atoms with Gasteiger partial charge in [-0.3, -0.25) is 5.26 Å². The number of hydrogen-bond acceptors (Lipinski definition) is 5. The van der Waals surface area contributed by atoms with Crippen LogP contribution in [0.2, 0.25) is 0 Å². The topological polar surface area (TPSA) is 65.0 Å². The Bertz CT molecular complexity index is 157. The monoisotopic (exact) mass is 190 g/mol. The number of hydrogen-bond donors (Lipinski definition) is 1. The van der Waals surface area contributed by atoms with E-state index in [-0.39, 0.29) is 25.9 Å². The Morgan fingerprint density at radius 3 is 2.85 bits per heavy atom. The molecule has 0 aromatic carbocycles. The van der Waals surface area contributed by atoms with E-state index in [0.29, 0.717) is 0 Å². The van der Waals surface area contributed by atoms with E-state index in [2.05, 4.69) is 16.2 Å². The van der Waals surface area contributed by atoms with Gasteiger partial charge in [-0.2, -0.15) is 0 Å². The number of ether oxygens (including phenoxy) is 2. The van der Waals surface area contributed by atoms with Crippen molar-refractivity contribution in [1.82, 2.24) is 0 Å². The van der Waals surface area contributed by atoms with Crippen LogP contribution in [0.3, 0.4) is 0 Å². The molecule has 0 amide bonds. The van der Waals surface area contributed by atoms with E-state index in [1.165, 1.54) is 0 Å². The highest BCUT2D eigenvalue weighted by molar-refractivity contribution is 5.81. The molecule has 0 rings (SSSR count). The SMILES string of the molecule is C=CC(=O)OCCOCC(C)OO. The van der Waals surface area contributed by atoms with Gasteiger partial charge in [0.15, 0.2) is 0 Å². The summed E-state index contributed by atoms with van der Waals surface area (Å²) in [6, 6.07) is 0. The zero-order valence-corrected chi connectivity index (χ0v) is 7.56. The maximum absolute atomic E-state index is 10.5. The van der Waals surface area contributed by atoms with E-state index >= 15 is 0 Å². The third kappa shape index (κ3) is 7.45. The Balaban J connectivity index is 3.17. The predicted octanol–water partition coefficient (Wildman–Crippen LogP) is 0.610. The second-order valence-corrected chi connectivity index (χ2v) is 2.36. The quantitative estimate of drug-likeness (QED) is 0.209. The second-order valence-electron chi connectivity index (χ2n) is 2.36. The van der Waals surface area contributed by atoms with Crippen molar-refractivity contribution in [3.63, 3.8) is 0 Å². The molecule has 0 heterocycles. The van der Waals surface area contributed by atoms with Gasteiger partial charge in [0.25, 0.3) is 0 Å². The summed E-state index contributed by atoms with van der Waals surface area (Å²) in [5.41, 5.74) is 0. The van der Waals surface area contributed by atoms with Crippen LogP contribution in [0.5, 0.6) is 0 Å². The highest BCUT2D eigenvalue weighted by atomic mass is 17.1. The number of esters is 1. The van der Waals surface area contributed by atoms with E-state index < -0.39 is 5.97 Å². The van der Waals surface area contributed by atoms with Crippen LogP contribution in [-0.4, -0.2) is 37.2 Å². The van der Waals surface area contributed by atoms with Gasteiger partial charge in [0, 0.05) is 6.08 Å². The molecule has 76 valence electrons. The van der Waals surface area contributed by atoms with E-state index in [1.54, 1.807) is 6.92 Å². The number of carbonyl (C=O) groups excluding carboxylic acids is 1. The van der Waals surface area contributed by atoms with Gasteiger partial charge >= 0.3 is 5.97 Å². The number of rotatable bonds is 7. The molecule has 0 aromatic rings. The first kappa shape index (κ1) is 12.1. The third-order valence-corrected chi connectivity index (χ3v) is 1.17. The molecule has 0 aliphatic carbocycles. The van der Waals surface area contributed by atoms with Gasteiger partial charge in [-0.1, -0.05) is 6.58 Å². The summed E-state index contributed by atoms with van der Waals surface area (Å²) in [5, 5.41) is 8.14. The smallest absolute Gasteiger partial charge is 0.330 e. The molecule has 1 N–H and O–H groups in total. The van der Waals surface area contributed by atoms with E-state index in [1.807, 2.05) is 0 Å². The molecule has 0 aliphatic heterocycles. The van der Waals surface area contributed by atoms with Crippen molar-refractivity contribution >= 4 is 5.97 Å². The first-order valence-corrected chi connectivity index (χ1v) is 3.88. The summed E-state index contributed by atoms with van der Waals surface area (Å²) < 4.78 is 9.61. The third-order valence-electron chi connectivity index (χ3n) is 1.17. The zero-order valence-electron chi connectivity index (χ0n) is 7.56. The van der Waals surface area contributed by atoms with Crippen LogP contribution in [0.4, 0.5) is 0 Å². The summed E-state index contributed by atoms with van der Waals surface area (Å²) in [5.74, 6) is -0.477. The van der Waals surface area contributed by atoms with Gasteiger partial charge in [-0.15, -0.1) is 0 Å². The van der Waals surface area contributed by atoms with Crippen molar-refractivity contribution in [3.05, 3.63) is 12.7 Å². The molecule has 13 heavy (non-hydrogen) atoms. The van der Waals surface area contributed by atoms with Gasteiger partial charge in [0.05, 0.1) is 13.2 Å². The lowest BCUT2D eigenvalue weighted by Crippen LogP contribution is -2.17. The highest BCUT2D eigenvalue weighted by Gasteiger charge is 2.00. The molecule has 0 bridgehead atoms. The van der Waals surface area contributed by atoms with Crippen molar-refractivity contribution in [2.45, 2.75) is 13.0 Å². The molecule has 5 nitrogen and oxygen atoms in total. The molecule has 0 aliphatic rings. The van der Waals surface area contributed by atoms with E-state index in [9.17, 15) is 4.79 Å². The van der Waals surface area contributed by atoms with Crippen LogP contribution >= 0.6 is 0 Å². The van der Waals surface area contributed by atoms with Crippen molar-refractivity contribution in [2.75, 3.05) is 19.8 Å². The minimum absolute atomic E-state index is 0.170. The minimum atomic E-state index is -0.477. The van der Waals surface area contributed by atoms with Gasteiger partial charge < -0.3 is 9.47 Å². The van der Waals surface area contributed by atoms with E-state index in [4.69, 9.17) is 9.99 Å². The van der Waals surface area contributed by atoms with Gasteiger partial charge in [0.1, 0.15) is 12.7 Å². The molecule has 5 heteroatoms. The lowest BCUT2D eigenvalue weighted by atomic mass is 10.4. The van der Waals surface area contributed by atoms with Crippen molar-refractivity contribution in [2.24, 2.45) is 0 Å². The average molecular weight is 190 g/mol. The summed E-state index contributed by atoms with van der Waals surface area (Å²) in [4.78, 5) is 14.5. The Morgan fingerprint density at radius 1 is 1.62 bits per heavy atom. The first-order chi connectivity index (χ1) is 6.20. The molecule has 0 fully saturated rings. The molecule has 1 atom stereocenters.